The number of nitrogens with zero attached hydrogens (tertiary/aromatic N) is 1. The molecule has 19 heavy (non-hydrogen) atoms. The zero-order valence-corrected chi connectivity index (χ0v) is 11.7. The molecule has 0 bridgehead atoms. The highest BCUT2D eigenvalue weighted by Gasteiger charge is 2.16. The monoisotopic (exact) mass is 267 g/mol. The molecule has 2 N–H and O–H groups in total. The fourth-order valence-electron chi connectivity index (χ4n) is 1.94. The second-order valence-corrected chi connectivity index (χ2v) is 4.66. The van der Waals surface area contributed by atoms with Crippen LogP contribution in [0.3, 0.4) is 0 Å². The van der Waals surface area contributed by atoms with Crippen molar-refractivity contribution in [2.45, 2.75) is 13.0 Å². The first-order valence-electron chi connectivity index (χ1n) is 6.36. The molecule has 1 atom stereocenters. The zero-order chi connectivity index (χ0) is 14.3. The summed E-state index contributed by atoms with van der Waals surface area (Å²) in [6.45, 7) is 2.02. The zero-order valence-electron chi connectivity index (χ0n) is 11.7. The molecule has 0 heterocycles. The van der Waals surface area contributed by atoms with Gasteiger partial charge in [-0.05, 0) is 32.1 Å². The number of carbonyl (C=O) groups excluding carboxylic acids is 1. The van der Waals surface area contributed by atoms with E-state index in [2.05, 4.69) is 34.6 Å². The Morgan fingerprint density at radius 3 is 2.58 bits per heavy atom. The predicted molar refractivity (Wildman–Crippen MR) is 75.0 cm³/mol. The van der Waals surface area contributed by atoms with Gasteiger partial charge >= 0.3 is 6.03 Å². The minimum absolute atomic E-state index is 0.0445. The van der Waals surface area contributed by atoms with Crippen LogP contribution in [0.15, 0.2) is 24.3 Å². The topological polar surface area (TPSA) is 44.4 Å². The highest BCUT2D eigenvalue weighted by Crippen LogP contribution is 2.20. The first-order valence-corrected chi connectivity index (χ1v) is 6.36. The standard InChI is InChI=1S/C14H22FN3O/c1-11-6-4-5-7-12(11)13(18(2)3)10-17-14(19)16-9-8-15/h4-7,13H,8-10H2,1-3H3,(H2,16,17,19)/t13-/m0/s1. The molecule has 106 valence electrons. The van der Waals surface area contributed by atoms with E-state index in [4.69, 9.17) is 0 Å². The SMILES string of the molecule is Cc1ccccc1[C@H](CNC(=O)NCCF)N(C)C. The molecular formula is C14H22FN3O. The highest BCUT2D eigenvalue weighted by atomic mass is 19.1. The van der Waals surface area contributed by atoms with Crippen LogP contribution in [-0.2, 0) is 0 Å². The van der Waals surface area contributed by atoms with Crippen LogP contribution in [0.4, 0.5) is 9.18 Å². The minimum atomic E-state index is -0.553. The second kappa shape index (κ2) is 7.74. The van der Waals surface area contributed by atoms with E-state index in [1.165, 1.54) is 11.1 Å². The average Bonchev–Trinajstić information content (AvgIpc) is 2.38. The van der Waals surface area contributed by atoms with Crippen LogP contribution in [0, 0.1) is 6.92 Å². The number of carbonyl (C=O) groups is 1. The highest BCUT2D eigenvalue weighted by molar-refractivity contribution is 5.73. The van der Waals surface area contributed by atoms with Gasteiger partial charge in [0, 0.05) is 13.1 Å². The van der Waals surface area contributed by atoms with E-state index < -0.39 is 6.67 Å². The van der Waals surface area contributed by atoms with Crippen molar-refractivity contribution >= 4 is 6.03 Å². The molecule has 0 unspecified atom stereocenters. The Hall–Kier alpha value is -1.62. The first-order chi connectivity index (χ1) is 9.06. The lowest BCUT2D eigenvalue weighted by Gasteiger charge is -2.26. The molecular weight excluding hydrogens is 245 g/mol. The van der Waals surface area contributed by atoms with Gasteiger partial charge in [0.25, 0.3) is 0 Å². The maximum Gasteiger partial charge on any atom is 0.314 e. The van der Waals surface area contributed by atoms with Gasteiger partial charge in [-0.2, -0.15) is 0 Å². The summed E-state index contributed by atoms with van der Waals surface area (Å²) in [5.41, 5.74) is 2.37. The van der Waals surface area contributed by atoms with Crippen molar-refractivity contribution in [3.63, 3.8) is 0 Å². The molecule has 1 rings (SSSR count). The lowest BCUT2D eigenvalue weighted by molar-refractivity contribution is 0.231. The van der Waals surface area contributed by atoms with Gasteiger partial charge in [-0.15, -0.1) is 0 Å². The van der Waals surface area contributed by atoms with Crippen LogP contribution in [0.1, 0.15) is 17.2 Å². The molecule has 5 heteroatoms. The van der Waals surface area contributed by atoms with Gasteiger partial charge in [0.15, 0.2) is 0 Å². The normalized spacial score (nSPS) is 12.3. The van der Waals surface area contributed by atoms with Crippen LogP contribution in [0.25, 0.3) is 0 Å². The van der Waals surface area contributed by atoms with Gasteiger partial charge in [0.2, 0.25) is 0 Å². The van der Waals surface area contributed by atoms with Gasteiger partial charge in [-0.3, -0.25) is 0 Å². The number of likely N-dealkylation sites (N-methyl/N-ethyl adjacent to an activating group) is 1. The van der Waals surface area contributed by atoms with Gasteiger partial charge in [-0.25, -0.2) is 9.18 Å². The number of rotatable bonds is 6. The molecule has 0 spiro atoms. The number of hydrogen-bond donors (Lipinski definition) is 2. The molecule has 2 amide bonds. The third-order valence-corrected chi connectivity index (χ3v) is 3.01. The number of alkyl halides is 1. The number of benzene rings is 1. The van der Waals surface area contributed by atoms with Crippen molar-refractivity contribution in [1.29, 1.82) is 0 Å². The van der Waals surface area contributed by atoms with Crippen LogP contribution < -0.4 is 10.6 Å². The molecule has 0 aromatic heterocycles. The van der Waals surface area contributed by atoms with Crippen molar-refractivity contribution in [3.05, 3.63) is 35.4 Å². The number of halogens is 1. The Balaban J connectivity index is 2.64. The molecule has 4 nitrogen and oxygen atoms in total. The van der Waals surface area contributed by atoms with Gasteiger partial charge in [0.05, 0.1) is 6.04 Å². The van der Waals surface area contributed by atoms with Gasteiger partial charge < -0.3 is 15.5 Å². The van der Waals surface area contributed by atoms with E-state index in [1.807, 2.05) is 26.2 Å². The summed E-state index contributed by atoms with van der Waals surface area (Å²) in [7, 11) is 3.94. The summed E-state index contributed by atoms with van der Waals surface area (Å²) in [5.74, 6) is 0. The molecule has 0 aliphatic rings. The number of hydrogen-bond acceptors (Lipinski definition) is 2. The fraction of sp³-hybridized carbons (Fsp3) is 0.500. The Labute approximate surface area is 114 Å². The van der Waals surface area contributed by atoms with E-state index in [1.54, 1.807) is 0 Å². The lowest BCUT2D eigenvalue weighted by Crippen LogP contribution is -2.41. The van der Waals surface area contributed by atoms with E-state index in [-0.39, 0.29) is 18.6 Å². The summed E-state index contributed by atoms with van der Waals surface area (Å²) in [6.07, 6.45) is 0. The molecule has 0 aliphatic carbocycles. The third kappa shape index (κ3) is 4.87. The van der Waals surface area contributed by atoms with Gasteiger partial charge in [0.1, 0.15) is 6.67 Å². The molecule has 1 aromatic rings. The van der Waals surface area contributed by atoms with Crippen molar-refractivity contribution in [2.24, 2.45) is 0 Å². The molecule has 0 saturated carbocycles. The Morgan fingerprint density at radius 1 is 1.32 bits per heavy atom. The van der Waals surface area contributed by atoms with E-state index in [9.17, 15) is 9.18 Å². The lowest BCUT2D eigenvalue weighted by atomic mass is 10.0. The Morgan fingerprint density at radius 2 is 2.00 bits per heavy atom. The van der Waals surface area contributed by atoms with Crippen molar-refractivity contribution in [1.82, 2.24) is 15.5 Å². The predicted octanol–water partition coefficient (Wildman–Crippen LogP) is 1.87. The van der Waals surface area contributed by atoms with E-state index in [0.29, 0.717) is 6.54 Å². The molecule has 0 fully saturated rings. The molecule has 1 aromatic carbocycles. The first kappa shape index (κ1) is 15.4. The Bertz CT molecular complexity index is 409. The molecule has 0 radical (unpaired) electrons. The smallest absolute Gasteiger partial charge is 0.314 e. The molecule has 0 aliphatic heterocycles. The fourth-order valence-corrected chi connectivity index (χ4v) is 1.94. The summed E-state index contributed by atoms with van der Waals surface area (Å²) in [6, 6.07) is 7.85. The van der Waals surface area contributed by atoms with Gasteiger partial charge in [-0.1, -0.05) is 24.3 Å². The van der Waals surface area contributed by atoms with E-state index in [0.717, 1.165) is 0 Å². The summed E-state index contributed by atoms with van der Waals surface area (Å²) < 4.78 is 11.9. The minimum Gasteiger partial charge on any atom is -0.336 e. The maximum absolute atomic E-state index is 11.9. The number of nitrogens with one attached hydrogen (secondary N) is 2. The average molecular weight is 267 g/mol. The quantitative estimate of drug-likeness (QED) is 0.826. The van der Waals surface area contributed by atoms with Crippen molar-refractivity contribution in [3.8, 4) is 0 Å². The van der Waals surface area contributed by atoms with Crippen LogP contribution in [0.5, 0.6) is 0 Å². The summed E-state index contributed by atoms with van der Waals surface area (Å²) in [4.78, 5) is 13.5. The van der Waals surface area contributed by atoms with Crippen molar-refractivity contribution < 1.29 is 9.18 Å². The van der Waals surface area contributed by atoms with Crippen LogP contribution >= 0.6 is 0 Å². The third-order valence-electron chi connectivity index (χ3n) is 3.01. The van der Waals surface area contributed by atoms with Crippen LogP contribution in [0.2, 0.25) is 0 Å². The number of amides is 2. The van der Waals surface area contributed by atoms with Crippen LogP contribution in [-0.4, -0.2) is 44.8 Å². The number of urea groups is 1. The summed E-state index contributed by atoms with van der Waals surface area (Å²) >= 11 is 0. The molecule has 0 saturated heterocycles. The number of aryl methyl sites for hydroxylation is 1. The maximum atomic E-state index is 11.9. The second-order valence-electron chi connectivity index (χ2n) is 4.66. The Kier molecular flexibility index (Phi) is 6.29. The largest absolute Gasteiger partial charge is 0.336 e. The van der Waals surface area contributed by atoms with Crippen molar-refractivity contribution in [2.75, 3.05) is 33.9 Å². The van der Waals surface area contributed by atoms with E-state index >= 15 is 0 Å². The summed E-state index contributed by atoms with van der Waals surface area (Å²) in [5, 5.41) is 5.22.